The second-order valence-electron chi connectivity index (χ2n) is 6.73. The lowest BCUT2D eigenvalue weighted by atomic mass is 9.88. The summed E-state index contributed by atoms with van der Waals surface area (Å²) in [5, 5.41) is 0.598. The molecule has 0 radical (unpaired) electrons. The molecule has 0 saturated heterocycles. The molecule has 3 aliphatic rings. The van der Waals surface area contributed by atoms with Gasteiger partial charge in [-0.25, -0.2) is 4.99 Å². The van der Waals surface area contributed by atoms with Crippen molar-refractivity contribution in [3.8, 4) is 0 Å². The third-order valence-corrected chi connectivity index (χ3v) is 5.13. The summed E-state index contributed by atoms with van der Waals surface area (Å²) in [7, 11) is 0. The zero-order valence-corrected chi connectivity index (χ0v) is 14.6. The first-order valence-corrected chi connectivity index (χ1v) is 8.87. The number of hydrogen-bond donors (Lipinski definition) is 1. The van der Waals surface area contributed by atoms with Crippen LogP contribution in [0.25, 0.3) is 0 Å². The predicted octanol–water partition coefficient (Wildman–Crippen LogP) is 4.04. The molecular weight excluding hydrogens is 334 g/mol. The van der Waals surface area contributed by atoms with Crippen molar-refractivity contribution in [2.24, 2.45) is 21.6 Å². The molecule has 1 fully saturated rings. The Hall–Kier alpha value is -2.17. The lowest BCUT2D eigenvalue weighted by Crippen LogP contribution is -2.42. The van der Waals surface area contributed by atoms with Gasteiger partial charge in [-0.3, -0.25) is 4.99 Å². The SMILES string of the molecule is C=C1C=C(C2C=Nc3ccccc3C2)C(Cl)=CN=C1O[C@H]1C[C@@H](N)C1. The highest BCUT2D eigenvalue weighted by Gasteiger charge is 2.30. The maximum Gasteiger partial charge on any atom is 0.220 e. The summed E-state index contributed by atoms with van der Waals surface area (Å²) in [5.41, 5.74) is 9.76. The summed E-state index contributed by atoms with van der Waals surface area (Å²) in [6.07, 6.45) is 8.25. The number of nitrogens with two attached hydrogens (primary N) is 1. The van der Waals surface area contributed by atoms with Crippen molar-refractivity contribution in [2.75, 3.05) is 0 Å². The van der Waals surface area contributed by atoms with E-state index in [0.29, 0.717) is 10.9 Å². The number of halogens is 1. The fraction of sp³-hybridized carbons (Fsp3) is 0.300. The van der Waals surface area contributed by atoms with E-state index >= 15 is 0 Å². The van der Waals surface area contributed by atoms with Gasteiger partial charge in [0.1, 0.15) is 6.10 Å². The largest absolute Gasteiger partial charge is 0.474 e. The molecule has 1 atom stereocenters. The molecule has 0 amide bonds. The molecule has 2 aliphatic heterocycles. The Morgan fingerprint density at radius 1 is 1.24 bits per heavy atom. The van der Waals surface area contributed by atoms with E-state index in [1.165, 1.54) is 5.56 Å². The fourth-order valence-corrected chi connectivity index (χ4v) is 3.54. The average Bonchev–Trinajstić information content (AvgIpc) is 2.73. The normalized spacial score (nSPS) is 28.2. The minimum absolute atomic E-state index is 0.0991. The zero-order valence-electron chi connectivity index (χ0n) is 13.9. The van der Waals surface area contributed by atoms with Crippen LogP contribution >= 0.6 is 11.6 Å². The monoisotopic (exact) mass is 353 g/mol. The number of hydrogen-bond acceptors (Lipinski definition) is 4. The van der Waals surface area contributed by atoms with Crippen LogP contribution in [-0.4, -0.2) is 24.3 Å². The van der Waals surface area contributed by atoms with Crippen LogP contribution in [0.5, 0.6) is 0 Å². The molecule has 1 aromatic carbocycles. The van der Waals surface area contributed by atoms with Gasteiger partial charge >= 0.3 is 0 Å². The third-order valence-electron chi connectivity index (χ3n) is 4.81. The van der Waals surface area contributed by atoms with Gasteiger partial charge in [-0.1, -0.05) is 36.4 Å². The van der Waals surface area contributed by atoms with E-state index in [1.54, 1.807) is 6.20 Å². The summed E-state index contributed by atoms with van der Waals surface area (Å²) in [5.74, 6) is 0.625. The number of aliphatic imine (C=N–C) groups is 2. The van der Waals surface area contributed by atoms with Gasteiger partial charge in [0.15, 0.2) is 0 Å². The fourth-order valence-electron chi connectivity index (χ4n) is 3.30. The summed E-state index contributed by atoms with van der Waals surface area (Å²) in [4.78, 5) is 8.96. The molecule has 4 nitrogen and oxygen atoms in total. The molecule has 0 spiro atoms. The summed E-state index contributed by atoms with van der Waals surface area (Å²) in [6, 6.07) is 8.40. The Morgan fingerprint density at radius 3 is 2.84 bits per heavy atom. The average molecular weight is 354 g/mol. The van der Waals surface area contributed by atoms with E-state index in [1.807, 2.05) is 30.5 Å². The Labute approximate surface area is 152 Å². The van der Waals surface area contributed by atoms with Gasteiger partial charge in [0, 0.05) is 29.9 Å². The molecule has 0 bridgehead atoms. The molecule has 1 saturated carbocycles. The number of nitrogens with zero attached hydrogens (tertiary/aromatic N) is 2. The van der Waals surface area contributed by atoms with Crippen LogP contribution in [0.1, 0.15) is 18.4 Å². The highest BCUT2D eigenvalue weighted by molar-refractivity contribution is 6.32. The minimum Gasteiger partial charge on any atom is -0.474 e. The second kappa shape index (κ2) is 6.62. The number of fused-ring (bicyclic) bond motifs is 1. The van der Waals surface area contributed by atoms with Gasteiger partial charge in [0.2, 0.25) is 5.90 Å². The molecular formula is C20H20ClN3O. The van der Waals surface area contributed by atoms with Crippen molar-refractivity contribution < 1.29 is 4.74 Å². The van der Waals surface area contributed by atoms with Crippen molar-refractivity contribution in [1.29, 1.82) is 0 Å². The first-order chi connectivity index (χ1) is 12.1. The van der Waals surface area contributed by atoms with Crippen LogP contribution in [0.3, 0.4) is 0 Å². The second-order valence-corrected chi connectivity index (χ2v) is 7.13. The lowest BCUT2D eigenvalue weighted by Gasteiger charge is -2.32. The Kier molecular flexibility index (Phi) is 4.32. The first-order valence-electron chi connectivity index (χ1n) is 8.49. The highest BCUT2D eigenvalue weighted by Crippen LogP contribution is 2.34. The zero-order chi connectivity index (χ0) is 17.4. The lowest BCUT2D eigenvalue weighted by molar-refractivity contribution is 0.0902. The molecule has 0 aromatic heterocycles. The third kappa shape index (κ3) is 3.32. The van der Waals surface area contributed by atoms with Gasteiger partial charge in [-0.05, 0) is 42.5 Å². The smallest absolute Gasteiger partial charge is 0.220 e. The molecule has 2 heterocycles. The van der Waals surface area contributed by atoms with Crippen LogP contribution in [0.2, 0.25) is 0 Å². The van der Waals surface area contributed by atoms with Crippen LogP contribution in [0, 0.1) is 5.92 Å². The van der Waals surface area contributed by atoms with E-state index in [-0.39, 0.29) is 18.1 Å². The Bertz CT molecular complexity index is 831. The predicted molar refractivity (Wildman–Crippen MR) is 102 cm³/mol. The van der Waals surface area contributed by atoms with Gasteiger partial charge in [0.05, 0.1) is 10.7 Å². The van der Waals surface area contributed by atoms with Gasteiger partial charge in [-0.2, -0.15) is 0 Å². The maximum absolute atomic E-state index is 6.49. The van der Waals surface area contributed by atoms with E-state index in [9.17, 15) is 0 Å². The Morgan fingerprint density at radius 2 is 2.04 bits per heavy atom. The molecule has 5 heteroatoms. The van der Waals surface area contributed by atoms with Crippen molar-refractivity contribution in [3.63, 3.8) is 0 Å². The van der Waals surface area contributed by atoms with Crippen LogP contribution in [0.4, 0.5) is 5.69 Å². The number of rotatable bonds is 2. The van der Waals surface area contributed by atoms with Crippen molar-refractivity contribution >= 4 is 29.4 Å². The van der Waals surface area contributed by atoms with E-state index in [4.69, 9.17) is 22.1 Å². The number of ether oxygens (including phenoxy) is 1. The number of benzene rings is 1. The van der Waals surface area contributed by atoms with Crippen molar-refractivity contribution in [2.45, 2.75) is 31.4 Å². The van der Waals surface area contributed by atoms with E-state index in [2.05, 4.69) is 22.6 Å². The van der Waals surface area contributed by atoms with Crippen LogP contribution in [0.15, 0.2) is 69.3 Å². The summed E-state index contributed by atoms with van der Waals surface area (Å²) >= 11 is 6.49. The maximum atomic E-state index is 6.49. The molecule has 1 unspecified atom stereocenters. The molecule has 128 valence electrons. The Balaban J connectivity index is 1.54. The number of para-hydroxylation sites is 1. The summed E-state index contributed by atoms with van der Waals surface area (Å²) < 4.78 is 5.92. The summed E-state index contributed by atoms with van der Waals surface area (Å²) in [6.45, 7) is 4.11. The van der Waals surface area contributed by atoms with Gasteiger partial charge < -0.3 is 10.5 Å². The topological polar surface area (TPSA) is 60.0 Å². The van der Waals surface area contributed by atoms with Crippen molar-refractivity contribution in [1.82, 2.24) is 0 Å². The van der Waals surface area contributed by atoms with E-state index in [0.717, 1.165) is 36.1 Å². The van der Waals surface area contributed by atoms with Crippen molar-refractivity contribution in [3.05, 3.63) is 64.9 Å². The number of allylic oxidation sites excluding steroid dienone is 2. The molecule has 4 rings (SSSR count). The van der Waals surface area contributed by atoms with Crippen LogP contribution in [-0.2, 0) is 11.2 Å². The minimum atomic E-state index is 0.0991. The molecule has 1 aliphatic carbocycles. The first kappa shape index (κ1) is 16.3. The van der Waals surface area contributed by atoms with E-state index < -0.39 is 0 Å². The molecule has 1 aromatic rings. The highest BCUT2D eigenvalue weighted by atomic mass is 35.5. The molecule has 25 heavy (non-hydrogen) atoms. The standard InChI is InChI=1S/C20H20ClN3O/c1-12-6-17(14-7-13-4-2-3-5-19(13)23-10-14)18(21)11-24-20(12)25-16-8-15(22)9-16/h2-6,10-11,14-16H,1,7-9,22H2/t14?,15-,16+. The van der Waals surface area contributed by atoms with Gasteiger partial charge in [0.25, 0.3) is 0 Å². The van der Waals surface area contributed by atoms with Gasteiger partial charge in [-0.15, -0.1) is 0 Å². The quantitative estimate of drug-likeness (QED) is 0.872. The molecule has 2 N–H and O–H groups in total. The van der Waals surface area contributed by atoms with Crippen LogP contribution < -0.4 is 5.73 Å².